The second-order valence-electron chi connectivity index (χ2n) is 6.37. The van der Waals surface area contributed by atoms with E-state index in [1.807, 2.05) is 0 Å². The molecule has 0 aliphatic carbocycles. The van der Waals surface area contributed by atoms with Gasteiger partial charge in [-0.3, -0.25) is 9.69 Å². The van der Waals surface area contributed by atoms with Crippen molar-refractivity contribution in [1.82, 2.24) is 4.90 Å². The van der Waals surface area contributed by atoms with Crippen LogP contribution < -0.4 is 0 Å². The van der Waals surface area contributed by atoms with Crippen LogP contribution in [0.1, 0.15) is 84.5 Å². The van der Waals surface area contributed by atoms with Crippen LogP contribution in [0, 0.1) is 0 Å². The second-order valence-corrected chi connectivity index (χ2v) is 6.37. The molecule has 118 valence electrons. The number of aliphatic carboxylic acids is 1. The lowest BCUT2D eigenvalue weighted by molar-refractivity contribution is -0.137. The molecule has 2 atom stereocenters. The van der Waals surface area contributed by atoms with Gasteiger partial charge in [-0.15, -0.1) is 0 Å². The van der Waals surface area contributed by atoms with Crippen LogP contribution in [-0.2, 0) is 4.79 Å². The molecule has 3 heteroatoms. The van der Waals surface area contributed by atoms with Gasteiger partial charge in [0.1, 0.15) is 0 Å². The number of unbranched alkanes of at least 4 members (excludes halogenated alkanes) is 4. The molecule has 0 spiro atoms. The van der Waals surface area contributed by atoms with Gasteiger partial charge >= 0.3 is 5.97 Å². The molecule has 0 amide bonds. The molecule has 1 saturated heterocycles. The number of carboxylic acid groups (broad SMARTS) is 1. The summed E-state index contributed by atoms with van der Waals surface area (Å²) < 4.78 is 0. The lowest BCUT2D eigenvalue weighted by Gasteiger charge is -2.40. The van der Waals surface area contributed by atoms with Crippen molar-refractivity contribution in [2.75, 3.05) is 6.54 Å². The Kier molecular flexibility index (Phi) is 8.92. The number of likely N-dealkylation sites (tertiary alicyclic amines) is 1. The van der Waals surface area contributed by atoms with Crippen molar-refractivity contribution in [2.45, 2.75) is 96.6 Å². The molecule has 0 radical (unpaired) electrons. The third kappa shape index (κ3) is 6.74. The van der Waals surface area contributed by atoms with E-state index in [2.05, 4.69) is 18.7 Å². The number of nitrogens with zero attached hydrogens (tertiary/aromatic N) is 1. The van der Waals surface area contributed by atoms with Crippen LogP contribution in [0.25, 0.3) is 0 Å². The molecule has 0 aromatic carbocycles. The quantitative estimate of drug-likeness (QED) is 0.602. The molecule has 3 nitrogen and oxygen atoms in total. The third-order valence-electron chi connectivity index (χ3n) is 4.66. The van der Waals surface area contributed by atoms with Gasteiger partial charge in [0.2, 0.25) is 0 Å². The van der Waals surface area contributed by atoms with Crippen LogP contribution in [0.3, 0.4) is 0 Å². The Hall–Kier alpha value is -0.570. The fourth-order valence-corrected chi connectivity index (χ4v) is 3.41. The van der Waals surface area contributed by atoms with Gasteiger partial charge in [-0.25, -0.2) is 0 Å². The van der Waals surface area contributed by atoms with Crippen molar-refractivity contribution >= 4 is 5.97 Å². The zero-order chi connectivity index (χ0) is 14.8. The van der Waals surface area contributed by atoms with Crippen molar-refractivity contribution in [3.63, 3.8) is 0 Å². The van der Waals surface area contributed by atoms with Gasteiger partial charge in [-0.05, 0) is 39.2 Å². The van der Waals surface area contributed by atoms with Gasteiger partial charge in [0.05, 0.1) is 0 Å². The molecule has 0 aromatic rings. The van der Waals surface area contributed by atoms with E-state index in [1.165, 1.54) is 64.3 Å². The van der Waals surface area contributed by atoms with Crippen molar-refractivity contribution in [3.8, 4) is 0 Å². The van der Waals surface area contributed by atoms with E-state index < -0.39 is 5.97 Å². The fourth-order valence-electron chi connectivity index (χ4n) is 3.41. The number of rotatable bonds is 10. The highest BCUT2D eigenvalue weighted by Crippen LogP contribution is 2.25. The minimum absolute atomic E-state index is 0.324. The van der Waals surface area contributed by atoms with Crippen molar-refractivity contribution in [2.24, 2.45) is 0 Å². The molecule has 0 aromatic heterocycles. The van der Waals surface area contributed by atoms with Gasteiger partial charge in [-0.2, -0.15) is 0 Å². The number of hydrogen-bond acceptors (Lipinski definition) is 2. The minimum atomic E-state index is -0.650. The average molecular weight is 283 g/mol. The Morgan fingerprint density at radius 1 is 1.25 bits per heavy atom. The smallest absolute Gasteiger partial charge is 0.303 e. The summed E-state index contributed by atoms with van der Waals surface area (Å²) >= 11 is 0. The molecule has 0 bridgehead atoms. The first-order valence-electron chi connectivity index (χ1n) is 8.62. The molecule has 2 unspecified atom stereocenters. The normalized spacial score (nSPS) is 21.8. The summed E-state index contributed by atoms with van der Waals surface area (Å²) in [6.07, 6.45) is 12.9. The molecular formula is C17H33NO2. The maximum atomic E-state index is 10.8. The molecule has 1 rings (SSSR count). The van der Waals surface area contributed by atoms with Gasteiger partial charge in [-0.1, -0.05) is 45.4 Å². The van der Waals surface area contributed by atoms with Gasteiger partial charge in [0.15, 0.2) is 0 Å². The Labute approximate surface area is 124 Å². The topological polar surface area (TPSA) is 40.5 Å². The van der Waals surface area contributed by atoms with Gasteiger partial charge in [0, 0.05) is 18.5 Å². The summed E-state index contributed by atoms with van der Waals surface area (Å²) in [5.41, 5.74) is 0. The molecule has 1 fully saturated rings. The lowest BCUT2D eigenvalue weighted by atomic mass is 9.94. The average Bonchev–Trinajstić information content (AvgIpc) is 2.45. The van der Waals surface area contributed by atoms with E-state index in [0.717, 1.165) is 6.42 Å². The monoisotopic (exact) mass is 283 g/mol. The molecular weight excluding hydrogens is 250 g/mol. The van der Waals surface area contributed by atoms with E-state index in [9.17, 15) is 4.79 Å². The molecule has 1 aliphatic heterocycles. The van der Waals surface area contributed by atoms with Crippen molar-refractivity contribution < 1.29 is 9.90 Å². The highest BCUT2D eigenvalue weighted by Gasteiger charge is 2.26. The van der Waals surface area contributed by atoms with Crippen LogP contribution in [-0.4, -0.2) is 34.6 Å². The first-order chi connectivity index (χ1) is 9.65. The van der Waals surface area contributed by atoms with E-state index >= 15 is 0 Å². The third-order valence-corrected chi connectivity index (χ3v) is 4.66. The maximum absolute atomic E-state index is 10.8. The molecule has 0 saturated carbocycles. The predicted molar refractivity (Wildman–Crippen MR) is 84.1 cm³/mol. The second kappa shape index (κ2) is 10.2. The maximum Gasteiger partial charge on any atom is 0.303 e. The summed E-state index contributed by atoms with van der Waals surface area (Å²) in [6.45, 7) is 5.75. The van der Waals surface area contributed by atoms with E-state index in [4.69, 9.17) is 5.11 Å². The SMILES string of the molecule is CCCCCCCC(C)N1CCCCC1CCC(=O)O. The van der Waals surface area contributed by atoms with Crippen LogP contribution in [0.2, 0.25) is 0 Å². The number of carboxylic acids is 1. The standard InChI is InChI=1S/C17H33NO2/c1-3-4-5-6-7-10-15(2)18-14-9-8-11-16(18)12-13-17(19)20/h15-16H,3-14H2,1-2H3,(H,19,20). The summed E-state index contributed by atoms with van der Waals surface area (Å²) in [6, 6.07) is 1.13. The number of hydrogen-bond donors (Lipinski definition) is 1. The fraction of sp³-hybridized carbons (Fsp3) is 0.941. The summed E-state index contributed by atoms with van der Waals surface area (Å²) in [5, 5.41) is 8.87. The summed E-state index contributed by atoms with van der Waals surface area (Å²) in [7, 11) is 0. The largest absolute Gasteiger partial charge is 0.481 e. The highest BCUT2D eigenvalue weighted by atomic mass is 16.4. The predicted octanol–water partition coefficient (Wildman–Crippen LogP) is 4.45. The van der Waals surface area contributed by atoms with Crippen LogP contribution in [0.15, 0.2) is 0 Å². The number of piperidine rings is 1. The first-order valence-corrected chi connectivity index (χ1v) is 8.62. The summed E-state index contributed by atoms with van der Waals surface area (Å²) in [4.78, 5) is 13.4. The van der Waals surface area contributed by atoms with E-state index in [1.54, 1.807) is 0 Å². The van der Waals surface area contributed by atoms with Gasteiger partial charge in [0.25, 0.3) is 0 Å². The molecule has 1 N–H and O–H groups in total. The Morgan fingerprint density at radius 3 is 2.70 bits per heavy atom. The van der Waals surface area contributed by atoms with E-state index in [-0.39, 0.29) is 0 Å². The molecule has 20 heavy (non-hydrogen) atoms. The minimum Gasteiger partial charge on any atom is -0.481 e. The molecule has 1 aliphatic rings. The number of carbonyl (C=O) groups is 1. The van der Waals surface area contributed by atoms with Gasteiger partial charge < -0.3 is 5.11 Å². The van der Waals surface area contributed by atoms with Crippen molar-refractivity contribution in [1.29, 1.82) is 0 Å². The summed E-state index contributed by atoms with van der Waals surface area (Å²) in [5.74, 6) is -0.650. The van der Waals surface area contributed by atoms with Crippen LogP contribution in [0.4, 0.5) is 0 Å². The lowest BCUT2D eigenvalue weighted by Crippen LogP contribution is -2.45. The highest BCUT2D eigenvalue weighted by molar-refractivity contribution is 5.66. The zero-order valence-electron chi connectivity index (χ0n) is 13.4. The van der Waals surface area contributed by atoms with Crippen LogP contribution >= 0.6 is 0 Å². The van der Waals surface area contributed by atoms with Crippen molar-refractivity contribution in [3.05, 3.63) is 0 Å². The van der Waals surface area contributed by atoms with Crippen LogP contribution in [0.5, 0.6) is 0 Å². The molecule has 1 heterocycles. The Bertz CT molecular complexity index is 268. The Balaban J connectivity index is 2.29. The first kappa shape index (κ1) is 17.5. The Morgan fingerprint density at radius 2 is 2.00 bits per heavy atom. The zero-order valence-corrected chi connectivity index (χ0v) is 13.4. The van der Waals surface area contributed by atoms with E-state index in [0.29, 0.717) is 18.5 Å².